The first kappa shape index (κ1) is 84.3. The van der Waals surface area contributed by atoms with Crippen LogP contribution in [0.1, 0.15) is 75.5 Å². The molecule has 0 radical (unpaired) electrons. The molecule has 0 saturated carbocycles. The third kappa shape index (κ3) is 25.9. The van der Waals surface area contributed by atoms with Gasteiger partial charge in [0.15, 0.2) is 26.4 Å². The van der Waals surface area contributed by atoms with Crippen LogP contribution in [-0.2, 0) is 58.5 Å². The maximum absolute atomic E-state index is 13.5. The van der Waals surface area contributed by atoms with Crippen LogP contribution in [0.25, 0.3) is 34.4 Å². The van der Waals surface area contributed by atoms with Crippen LogP contribution in [0, 0.1) is 27.6 Å². The molecule has 0 bridgehead atoms. The zero-order chi connectivity index (χ0) is 66.1. The predicted molar refractivity (Wildman–Crippen MR) is 315 cm³/mol. The minimum absolute atomic E-state index is 0. The van der Waals surface area contributed by atoms with Crippen molar-refractivity contribution in [1.82, 2.24) is 50.4 Å². The summed E-state index contributed by atoms with van der Waals surface area (Å²) in [4.78, 5) is 45.2. The van der Waals surface area contributed by atoms with Gasteiger partial charge in [0.2, 0.25) is 11.6 Å². The van der Waals surface area contributed by atoms with Crippen molar-refractivity contribution in [3.8, 4) is 34.4 Å². The number of rotatable bonds is 25. The average Bonchev–Trinajstić information content (AvgIpc) is 1.66. The van der Waals surface area contributed by atoms with Crippen LogP contribution >= 0.6 is 47.8 Å². The SMILES string of the molecule is CCCS(=O)(=O)CCCc1nonc1-c1noc(=O)n1-c1ccc(F)c(Br)c1.CCCS(=O)(=O)CCCc1nonc1/C(Cc1ccc(F)c(Br)c1)=N/O.CCCS(=O)(=O)CCN.O=CO[O-].O=c1onc(-c2nonc2[N+](=O)[O-])n1-c1ccc(F)c(Br)c1.[Na+].[Na+].[OH-]. The molecule has 0 aliphatic rings. The van der Waals surface area contributed by atoms with E-state index in [9.17, 15) is 63.3 Å². The number of halogens is 6. The van der Waals surface area contributed by atoms with Gasteiger partial charge in [0, 0.05) is 30.2 Å². The number of sulfone groups is 3. The standard InChI is InChI=1S/C16H16BrFN4O5S.C16H19BrFN3O4S.C10H3BrFN5O5.C5H13NO2S.CH2O3.2Na.H2O/c1-2-7-28(24,25)8-3-4-13-14(20-27-19-13)15-21-26-16(23)22(15)10-5-6-12(18)11(17)9-10;1-2-7-26(23,24)8-3-4-14-16(21-25-20-14)15(19-22)10-11-5-6-13(18)12(17)9-11;11-5-3-4(1-2-6(5)12)16-8(14-21-10(16)18)7-9(17(19)20)15-22-13-7;1-2-4-9(7,8)5-3-6;2-1-4-3;;;/h5-6,9H,2-4,7-8H2,1H3;5-6,9,22H,2-4,7-8,10H2,1H3;1-3H;2-6H2,1H3;1,3H;;;1H2/q;;;;;2*+1;/p-2/b;19-15+;;;;;;. The van der Waals surface area contributed by atoms with Crippen LogP contribution < -0.4 is 81.6 Å². The van der Waals surface area contributed by atoms with Gasteiger partial charge in [-0.15, -0.1) is 4.63 Å². The Morgan fingerprint density at radius 2 is 1.07 bits per heavy atom. The summed E-state index contributed by atoms with van der Waals surface area (Å²) in [5.74, 6) is -3.46. The smallest absolute Gasteiger partial charge is 0.870 e. The van der Waals surface area contributed by atoms with Gasteiger partial charge in [-0.1, -0.05) is 52.6 Å². The first-order valence-electron chi connectivity index (χ1n) is 25.6. The molecule has 0 fully saturated rings. The molecule has 0 aliphatic heterocycles. The number of carbonyl (C=O) groups is 1. The third-order valence-electron chi connectivity index (χ3n) is 11.2. The van der Waals surface area contributed by atoms with Crippen molar-refractivity contribution >= 4 is 95.3 Å². The van der Waals surface area contributed by atoms with E-state index in [-0.39, 0.29) is 168 Å². The van der Waals surface area contributed by atoms with E-state index in [0.717, 1.165) is 15.2 Å². The van der Waals surface area contributed by atoms with Gasteiger partial charge in [-0.3, -0.25) is 13.8 Å². The average molecular weight is 1570 g/mol. The van der Waals surface area contributed by atoms with E-state index in [1.165, 1.54) is 36.4 Å². The topological polar surface area (TPSA) is 496 Å². The second-order valence-corrected chi connectivity index (χ2v) is 27.3. The molecule has 0 unspecified atom stereocenters. The maximum Gasteiger partial charge on any atom is 1.00 e. The number of benzene rings is 3. The third-order valence-corrected chi connectivity index (χ3v) is 18.8. The van der Waals surface area contributed by atoms with E-state index < -0.39 is 74.9 Å². The van der Waals surface area contributed by atoms with Gasteiger partial charge in [0.1, 0.15) is 54.2 Å². The van der Waals surface area contributed by atoms with Gasteiger partial charge in [0.25, 0.3) is 12.2 Å². The number of nitro groups is 1. The summed E-state index contributed by atoms with van der Waals surface area (Å²) < 4.78 is 134. The fraction of sp³-hybridized carbons (Fsp3) is 0.375. The van der Waals surface area contributed by atoms with Gasteiger partial charge in [-0.25, -0.2) is 66.4 Å². The minimum Gasteiger partial charge on any atom is -0.870 e. The Labute approximate surface area is 589 Å². The molecule has 44 heteroatoms. The van der Waals surface area contributed by atoms with Crippen LogP contribution in [0.5, 0.6) is 0 Å². The van der Waals surface area contributed by atoms with Gasteiger partial charge >= 0.3 is 76.4 Å². The Balaban J connectivity index is 0.000000622. The quantitative estimate of drug-likeness (QED) is 0.0137. The summed E-state index contributed by atoms with van der Waals surface area (Å²) in [6, 6.07) is 12.0. The maximum atomic E-state index is 13.5. The van der Waals surface area contributed by atoms with Gasteiger partial charge in [-0.05, 0) is 167 Å². The van der Waals surface area contributed by atoms with Crippen molar-refractivity contribution < 1.29 is 151 Å². The minimum atomic E-state index is -3.13. The monoisotopic (exact) mass is 1570 g/mol. The molecule has 8 aromatic rings. The first-order chi connectivity index (χ1) is 42.2. The Kier molecular flexibility index (Phi) is 37.7. The molecule has 8 rings (SSSR count). The zero-order valence-electron chi connectivity index (χ0n) is 49.1. The van der Waals surface area contributed by atoms with E-state index in [4.69, 9.17) is 29.6 Å². The summed E-state index contributed by atoms with van der Waals surface area (Å²) in [6.45, 7) is 5.51. The molecule has 33 nitrogen and oxygen atoms in total. The van der Waals surface area contributed by atoms with Crippen LogP contribution in [0.4, 0.5) is 19.0 Å². The summed E-state index contributed by atoms with van der Waals surface area (Å²) in [7, 11) is -9.01. The van der Waals surface area contributed by atoms with E-state index in [1.807, 2.05) is 13.8 Å². The molecule has 0 atom stereocenters. The summed E-state index contributed by atoms with van der Waals surface area (Å²) >= 11 is 9.14. The van der Waals surface area contributed by atoms with Crippen molar-refractivity contribution in [3.05, 3.63) is 139 Å². The number of nitrogens with zero attached hydrogens (tertiary/aromatic N) is 12. The van der Waals surface area contributed by atoms with Crippen LogP contribution in [-0.4, -0.2) is 144 Å². The molecule has 92 heavy (non-hydrogen) atoms. The van der Waals surface area contributed by atoms with Crippen molar-refractivity contribution in [1.29, 1.82) is 0 Å². The van der Waals surface area contributed by atoms with Gasteiger partial charge in [-0.2, -0.15) is 0 Å². The molecule has 5 aromatic heterocycles. The number of carbonyl (C=O) groups excluding carboxylic acids is 1. The Hall–Kier alpha value is -5.74. The van der Waals surface area contributed by atoms with Crippen LogP contribution in [0.15, 0.2) is 106 Å². The number of aromatic nitrogens is 10. The van der Waals surface area contributed by atoms with Crippen molar-refractivity contribution in [2.75, 3.05) is 41.1 Å². The van der Waals surface area contributed by atoms with E-state index in [0.29, 0.717) is 65.6 Å². The first-order valence-corrected chi connectivity index (χ1v) is 33.4. The summed E-state index contributed by atoms with van der Waals surface area (Å²) in [5.41, 5.74) is 7.22. The molecular weight excluding hydrogens is 1520 g/mol. The van der Waals surface area contributed by atoms with E-state index in [1.54, 1.807) is 19.1 Å². The Morgan fingerprint density at radius 3 is 1.50 bits per heavy atom. The van der Waals surface area contributed by atoms with Crippen molar-refractivity contribution in [2.24, 2.45) is 10.9 Å². The van der Waals surface area contributed by atoms with E-state index in [2.05, 4.69) is 108 Å². The van der Waals surface area contributed by atoms with E-state index >= 15 is 0 Å². The van der Waals surface area contributed by atoms with Crippen molar-refractivity contribution in [3.63, 3.8) is 0 Å². The number of nitrogens with two attached hydrogens (primary N) is 1. The molecule has 4 N–H and O–H groups in total. The number of hydrogen-bond acceptors (Lipinski definition) is 30. The Bertz CT molecular complexity index is 4140. The number of hydrogen-bond donors (Lipinski definition) is 2. The Morgan fingerprint density at radius 1 is 0.652 bits per heavy atom. The molecule has 492 valence electrons. The summed E-state index contributed by atoms with van der Waals surface area (Å²) in [6.07, 6.45) is 3.26. The molecule has 0 saturated heterocycles. The molecule has 0 spiro atoms. The van der Waals surface area contributed by atoms with Gasteiger partial charge < -0.3 is 36.7 Å². The zero-order valence-corrected chi connectivity index (χ0v) is 60.3. The second kappa shape index (κ2) is 41.2. The summed E-state index contributed by atoms with van der Waals surface area (Å²) in [5, 5.41) is 60.6. The fourth-order valence-corrected chi connectivity index (χ4v) is 12.6. The second-order valence-electron chi connectivity index (χ2n) is 17.8. The van der Waals surface area contributed by atoms with Crippen LogP contribution in [0.2, 0.25) is 0 Å². The van der Waals surface area contributed by atoms with Crippen LogP contribution in [0.3, 0.4) is 0 Å². The van der Waals surface area contributed by atoms with Gasteiger partial charge in [0.05, 0.1) is 42.1 Å². The van der Waals surface area contributed by atoms with Crippen molar-refractivity contribution in [2.45, 2.75) is 72.1 Å². The molecule has 5 heterocycles. The normalized spacial score (nSPS) is 11.1. The fourth-order valence-electron chi connectivity index (χ4n) is 7.42. The molecule has 3 aromatic carbocycles. The number of oxime groups is 1. The number of aryl methyl sites for hydroxylation is 2. The largest absolute Gasteiger partial charge is 1.00 e. The predicted octanol–water partition coefficient (Wildman–Crippen LogP) is -0.595. The molecule has 0 amide bonds. The molecular formula is C48H53Br3F3N13Na2O20S3. The molecule has 0 aliphatic carbocycles.